The van der Waals surface area contributed by atoms with Crippen LogP contribution >= 0.6 is 0 Å². The zero-order valence-electron chi connectivity index (χ0n) is 34.4. The van der Waals surface area contributed by atoms with Gasteiger partial charge >= 0.3 is 0 Å². The highest BCUT2D eigenvalue weighted by atomic mass is 16.3. The molecule has 294 valence electrons. The summed E-state index contributed by atoms with van der Waals surface area (Å²) in [6, 6.07) is 86.7. The van der Waals surface area contributed by atoms with Gasteiger partial charge < -0.3 is 9.32 Å². The van der Waals surface area contributed by atoms with E-state index in [2.05, 4.69) is 235 Å². The Bertz CT molecular complexity index is 3720. The van der Waals surface area contributed by atoms with E-state index in [-0.39, 0.29) is 0 Å². The van der Waals surface area contributed by atoms with Gasteiger partial charge in [0.05, 0.1) is 11.1 Å². The summed E-state index contributed by atoms with van der Waals surface area (Å²) in [6.45, 7) is 0. The maximum Gasteiger partial charge on any atom is 0.135 e. The molecule has 0 radical (unpaired) electrons. The Hall–Kier alpha value is -8.20. The molecule has 0 fully saturated rings. The van der Waals surface area contributed by atoms with Crippen molar-refractivity contribution in [2.24, 2.45) is 0 Å². The maximum atomic E-state index is 6.41. The molecule has 2 nitrogen and oxygen atoms in total. The summed E-state index contributed by atoms with van der Waals surface area (Å²) < 4.78 is 6.41. The number of benzene rings is 11. The number of nitrogens with zero attached hydrogens (tertiary/aromatic N) is 1. The van der Waals surface area contributed by atoms with Gasteiger partial charge in [0, 0.05) is 27.5 Å². The Morgan fingerprint density at radius 2 is 0.968 bits per heavy atom. The molecular weight excluding hydrogens is 763 g/mol. The normalized spacial score (nSPS) is 14.4. The molecule has 1 unspecified atom stereocenters. The van der Waals surface area contributed by atoms with E-state index in [0.717, 1.165) is 39.0 Å². The minimum atomic E-state index is -0.586. The summed E-state index contributed by atoms with van der Waals surface area (Å²) in [5.41, 5.74) is 14.5. The van der Waals surface area contributed by atoms with Crippen molar-refractivity contribution >= 4 is 71.3 Å². The number of hydrogen-bond acceptors (Lipinski definition) is 2. The van der Waals surface area contributed by atoms with Crippen LogP contribution in [-0.2, 0) is 5.41 Å². The van der Waals surface area contributed by atoms with Crippen LogP contribution in [0.15, 0.2) is 241 Å². The number of anilines is 3. The van der Waals surface area contributed by atoms with Gasteiger partial charge in [-0.1, -0.05) is 176 Å². The van der Waals surface area contributed by atoms with Crippen LogP contribution < -0.4 is 4.90 Å². The fourth-order valence-electron chi connectivity index (χ4n) is 10.8. The number of fused-ring (bicyclic) bond motifs is 4. The summed E-state index contributed by atoms with van der Waals surface area (Å²) in [5.74, 6) is 0. The number of furan rings is 1. The van der Waals surface area contributed by atoms with Crippen LogP contribution in [0.3, 0.4) is 0 Å². The lowest BCUT2D eigenvalue weighted by atomic mass is 9.67. The predicted octanol–water partition coefficient (Wildman–Crippen LogP) is 16.5. The topological polar surface area (TPSA) is 16.4 Å². The van der Waals surface area contributed by atoms with Crippen molar-refractivity contribution in [2.45, 2.75) is 5.41 Å². The zero-order valence-corrected chi connectivity index (χ0v) is 34.4. The Balaban J connectivity index is 1.05. The van der Waals surface area contributed by atoms with Crippen molar-refractivity contribution in [2.75, 3.05) is 4.90 Å². The Morgan fingerprint density at radius 1 is 0.333 bits per heavy atom. The van der Waals surface area contributed by atoms with Gasteiger partial charge in [0.25, 0.3) is 0 Å². The third-order valence-electron chi connectivity index (χ3n) is 13.5. The van der Waals surface area contributed by atoms with Crippen molar-refractivity contribution in [3.63, 3.8) is 0 Å². The van der Waals surface area contributed by atoms with Crippen LogP contribution in [0, 0.1) is 0 Å². The van der Waals surface area contributed by atoms with E-state index < -0.39 is 5.41 Å². The van der Waals surface area contributed by atoms with E-state index in [9.17, 15) is 0 Å². The number of para-hydroxylation sites is 2. The first kappa shape index (κ1) is 35.5. The minimum Gasteiger partial charge on any atom is -0.456 e. The molecule has 0 spiro atoms. The van der Waals surface area contributed by atoms with Crippen LogP contribution in [0.25, 0.3) is 76.5 Å². The Kier molecular flexibility index (Phi) is 7.85. The van der Waals surface area contributed by atoms with E-state index in [1.54, 1.807) is 0 Å². The third kappa shape index (κ3) is 5.32. The molecule has 1 heterocycles. The van der Waals surface area contributed by atoms with Gasteiger partial charge in [-0.25, -0.2) is 0 Å². The lowest BCUT2D eigenvalue weighted by Crippen LogP contribution is -2.28. The van der Waals surface area contributed by atoms with Crippen molar-refractivity contribution in [3.05, 3.63) is 259 Å². The van der Waals surface area contributed by atoms with Crippen molar-refractivity contribution in [1.29, 1.82) is 0 Å². The lowest BCUT2D eigenvalue weighted by molar-refractivity contribution is 0.668. The van der Waals surface area contributed by atoms with Gasteiger partial charge in [-0.05, 0) is 132 Å². The second-order valence-corrected chi connectivity index (χ2v) is 16.8. The van der Waals surface area contributed by atoms with Gasteiger partial charge in [-0.3, -0.25) is 0 Å². The highest BCUT2D eigenvalue weighted by molar-refractivity contribution is 6.18. The monoisotopic (exact) mass is 801 g/mol. The predicted molar refractivity (Wildman–Crippen MR) is 264 cm³/mol. The first-order valence-electron chi connectivity index (χ1n) is 21.7. The van der Waals surface area contributed by atoms with Crippen LogP contribution in [0.5, 0.6) is 0 Å². The molecule has 0 aliphatic heterocycles. The van der Waals surface area contributed by atoms with Gasteiger partial charge in [-0.15, -0.1) is 0 Å². The Morgan fingerprint density at radius 3 is 1.78 bits per heavy atom. The van der Waals surface area contributed by atoms with E-state index >= 15 is 0 Å². The molecule has 1 atom stereocenters. The fraction of sp³-hybridized carbons (Fsp3) is 0.0164. The lowest BCUT2D eigenvalue weighted by Gasteiger charge is -2.34. The molecule has 63 heavy (non-hydrogen) atoms. The molecular formula is C61H39NO. The average molecular weight is 802 g/mol. The molecule has 11 aromatic carbocycles. The van der Waals surface area contributed by atoms with Gasteiger partial charge in [0.1, 0.15) is 11.2 Å². The van der Waals surface area contributed by atoms with E-state index in [0.29, 0.717) is 0 Å². The number of rotatable bonds is 7. The van der Waals surface area contributed by atoms with Crippen molar-refractivity contribution in [3.8, 4) is 22.3 Å². The Labute approximate surface area is 365 Å². The van der Waals surface area contributed by atoms with Crippen LogP contribution in [0.4, 0.5) is 17.1 Å². The smallest absolute Gasteiger partial charge is 0.135 e. The first-order chi connectivity index (χ1) is 31.2. The second kappa shape index (κ2) is 13.9. The SMILES string of the molecule is c1ccc(-c2ccc(N(c3ccccc3)c3ccc(-c4cc5c6c(ccc7cccc(c76)C5(c5ccccc5)c5ccc6oc7ccccc7c6c5)c4)c4ccccc34)cc2)cc1. The van der Waals surface area contributed by atoms with E-state index in [1.165, 1.54) is 76.8 Å². The first-order valence-corrected chi connectivity index (χ1v) is 21.7. The average Bonchev–Trinajstić information content (AvgIpc) is 3.88. The molecule has 0 N–H and O–H groups in total. The van der Waals surface area contributed by atoms with Gasteiger partial charge in [0.15, 0.2) is 0 Å². The third-order valence-corrected chi connectivity index (χ3v) is 13.5. The molecule has 0 saturated heterocycles. The number of hydrogen-bond donors (Lipinski definition) is 0. The summed E-state index contributed by atoms with van der Waals surface area (Å²) in [7, 11) is 0. The highest BCUT2D eigenvalue weighted by Crippen LogP contribution is 2.57. The minimum absolute atomic E-state index is 0.586. The fourth-order valence-corrected chi connectivity index (χ4v) is 10.8. The molecule has 1 aliphatic rings. The van der Waals surface area contributed by atoms with Crippen LogP contribution in [0.2, 0.25) is 0 Å². The van der Waals surface area contributed by atoms with E-state index in [1.807, 2.05) is 6.07 Å². The molecule has 0 saturated carbocycles. The maximum absolute atomic E-state index is 6.41. The molecule has 13 rings (SSSR count). The van der Waals surface area contributed by atoms with Gasteiger partial charge in [-0.2, -0.15) is 0 Å². The van der Waals surface area contributed by atoms with Gasteiger partial charge in [0.2, 0.25) is 0 Å². The standard InChI is InChI=1S/C61H39NO/c1-4-15-40(16-5-1)41-29-32-48(33-30-41)62(47-20-8-3-9-21-47)56-35-34-49(50-22-10-11-23-51(50)56)44-37-43-28-27-42-17-14-25-54-59(42)60(43)55(38-44)61(54,45-18-6-2-7-19-45)46-31-36-58-53(39-46)52-24-12-13-26-57(52)63-58/h1-39H. The summed E-state index contributed by atoms with van der Waals surface area (Å²) in [4.78, 5) is 2.39. The van der Waals surface area contributed by atoms with E-state index in [4.69, 9.17) is 4.42 Å². The quantitative estimate of drug-likeness (QED) is 0.149. The molecule has 1 aliphatic carbocycles. The van der Waals surface area contributed by atoms with Crippen LogP contribution in [0.1, 0.15) is 22.3 Å². The summed E-state index contributed by atoms with van der Waals surface area (Å²) >= 11 is 0. The zero-order chi connectivity index (χ0) is 41.5. The molecule has 12 aromatic rings. The molecule has 0 bridgehead atoms. The molecule has 2 heteroatoms. The summed E-state index contributed by atoms with van der Waals surface area (Å²) in [5, 5.41) is 9.81. The van der Waals surface area contributed by atoms with Crippen molar-refractivity contribution < 1.29 is 4.42 Å². The van der Waals surface area contributed by atoms with Crippen molar-refractivity contribution in [1.82, 2.24) is 0 Å². The van der Waals surface area contributed by atoms with Crippen LogP contribution in [-0.4, -0.2) is 0 Å². The highest BCUT2D eigenvalue weighted by Gasteiger charge is 2.45. The summed E-state index contributed by atoms with van der Waals surface area (Å²) in [6.07, 6.45) is 0. The molecule has 1 aromatic heterocycles. The molecule has 0 amide bonds. The second-order valence-electron chi connectivity index (χ2n) is 16.8. The largest absolute Gasteiger partial charge is 0.456 e.